The Morgan fingerprint density at radius 1 is 1.33 bits per heavy atom. The highest BCUT2D eigenvalue weighted by atomic mass is 32.1. The van der Waals surface area contributed by atoms with E-state index in [-0.39, 0.29) is 11.9 Å². The lowest BCUT2D eigenvalue weighted by Crippen LogP contribution is -2.27. The van der Waals surface area contributed by atoms with Gasteiger partial charge >= 0.3 is 5.97 Å². The first kappa shape index (κ1) is 17.4. The van der Waals surface area contributed by atoms with Gasteiger partial charge in [-0.25, -0.2) is 4.79 Å². The number of ether oxygens (including phenoxy) is 2. The lowest BCUT2D eigenvalue weighted by molar-refractivity contribution is -0.124. The normalized spacial score (nSPS) is 22.9. The highest BCUT2D eigenvalue weighted by Gasteiger charge is 2.31. The average Bonchev–Trinajstić information content (AvgIpc) is 3.21. The van der Waals surface area contributed by atoms with E-state index in [1.54, 1.807) is 6.92 Å². The van der Waals surface area contributed by atoms with Crippen LogP contribution in [0.4, 0.5) is 5.00 Å². The van der Waals surface area contributed by atoms with Gasteiger partial charge in [0.15, 0.2) is 0 Å². The van der Waals surface area contributed by atoms with Crippen molar-refractivity contribution in [2.75, 3.05) is 18.5 Å². The molecule has 1 amide bonds. The molecule has 0 spiro atoms. The Morgan fingerprint density at radius 3 is 2.83 bits per heavy atom. The summed E-state index contributed by atoms with van der Waals surface area (Å²) in [6.45, 7) is 4.96. The van der Waals surface area contributed by atoms with Gasteiger partial charge in [-0.3, -0.25) is 4.79 Å². The minimum absolute atomic E-state index is 0.149. The molecule has 1 aliphatic heterocycles. The zero-order valence-corrected chi connectivity index (χ0v) is 15.2. The average molecular weight is 351 g/mol. The van der Waals surface area contributed by atoms with Crippen LogP contribution in [0.2, 0.25) is 0 Å². The molecule has 3 rings (SSSR count). The summed E-state index contributed by atoms with van der Waals surface area (Å²) in [4.78, 5) is 26.1. The van der Waals surface area contributed by atoms with Crippen LogP contribution in [0.5, 0.6) is 0 Å². The Bertz CT molecular complexity index is 619. The molecule has 0 radical (unpaired) electrons. The topological polar surface area (TPSA) is 64.6 Å². The molecule has 0 bridgehead atoms. The fraction of sp³-hybridized carbons (Fsp3) is 0.667. The molecule has 1 N–H and O–H groups in total. The van der Waals surface area contributed by atoms with Crippen LogP contribution in [0.25, 0.3) is 0 Å². The molecule has 1 fully saturated rings. The molecule has 1 aromatic rings. The standard InChI is InChI=1S/C18H25NO4S/c1-3-11-7-8-12-14(10-11)24-17(15(12)18(21)22-4-2)19-16(20)13-6-5-9-23-13/h11,13H,3-10H2,1-2H3,(H,19,20)/t11-,13-/m0/s1. The van der Waals surface area contributed by atoms with E-state index in [1.807, 2.05) is 0 Å². The van der Waals surface area contributed by atoms with Crippen LogP contribution >= 0.6 is 11.3 Å². The molecule has 2 aliphatic rings. The molecule has 5 nitrogen and oxygen atoms in total. The molecule has 1 aliphatic carbocycles. The van der Waals surface area contributed by atoms with Gasteiger partial charge in [-0.1, -0.05) is 13.3 Å². The molecule has 132 valence electrons. The molecule has 0 saturated carbocycles. The minimum atomic E-state index is -0.400. The van der Waals surface area contributed by atoms with Crippen molar-refractivity contribution in [2.24, 2.45) is 5.92 Å². The number of carbonyl (C=O) groups excluding carboxylic acids is 2. The fourth-order valence-electron chi connectivity index (χ4n) is 3.49. The summed E-state index contributed by atoms with van der Waals surface area (Å²) in [5.74, 6) is 0.184. The van der Waals surface area contributed by atoms with Crippen molar-refractivity contribution >= 4 is 28.2 Å². The molecule has 0 aromatic carbocycles. The number of esters is 1. The number of amides is 1. The summed E-state index contributed by atoms with van der Waals surface area (Å²) >= 11 is 1.53. The van der Waals surface area contributed by atoms with Gasteiger partial charge in [0.2, 0.25) is 0 Å². The van der Waals surface area contributed by atoms with Crippen LogP contribution in [0, 0.1) is 5.92 Å². The Morgan fingerprint density at radius 2 is 2.17 bits per heavy atom. The molecular weight excluding hydrogens is 326 g/mol. The number of carbonyl (C=O) groups is 2. The second-order valence-electron chi connectivity index (χ2n) is 6.44. The van der Waals surface area contributed by atoms with Crippen LogP contribution in [0.3, 0.4) is 0 Å². The zero-order valence-electron chi connectivity index (χ0n) is 14.4. The van der Waals surface area contributed by atoms with Crippen LogP contribution < -0.4 is 5.32 Å². The summed E-state index contributed by atoms with van der Waals surface area (Å²) in [5, 5.41) is 3.57. The van der Waals surface area contributed by atoms with E-state index in [2.05, 4.69) is 12.2 Å². The van der Waals surface area contributed by atoms with Crippen LogP contribution in [0.15, 0.2) is 0 Å². The van der Waals surface area contributed by atoms with Crippen LogP contribution in [-0.2, 0) is 27.1 Å². The number of hydrogen-bond acceptors (Lipinski definition) is 5. The SMILES string of the molecule is CCOC(=O)c1c(NC(=O)[C@@H]2CCCO2)sc2c1CC[C@H](CC)C2. The maximum atomic E-state index is 12.5. The summed E-state index contributed by atoms with van der Waals surface area (Å²) < 4.78 is 10.7. The monoisotopic (exact) mass is 351 g/mol. The van der Waals surface area contributed by atoms with Gasteiger partial charge in [0.1, 0.15) is 11.1 Å². The molecule has 2 heterocycles. The van der Waals surface area contributed by atoms with Crippen molar-refractivity contribution in [1.29, 1.82) is 0 Å². The number of nitrogens with one attached hydrogen (secondary N) is 1. The van der Waals surface area contributed by atoms with E-state index in [0.717, 1.165) is 44.1 Å². The van der Waals surface area contributed by atoms with Gasteiger partial charge < -0.3 is 14.8 Å². The second kappa shape index (κ2) is 7.66. The van der Waals surface area contributed by atoms with E-state index in [1.165, 1.54) is 16.2 Å². The highest BCUT2D eigenvalue weighted by molar-refractivity contribution is 7.17. The van der Waals surface area contributed by atoms with Crippen molar-refractivity contribution in [1.82, 2.24) is 0 Å². The summed E-state index contributed by atoms with van der Waals surface area (Å²) in [7, 11) is 0. The number of fused-ring (bicyclic) bond motifs is 1. The third-order valence-electron chi connectivity index (χ3n) is 4.88. The van der Waals surface area contributed by atoms with E-state index >= 15 is 0 Å². The largest absolute Gasteiger partial charge is 0.462 e. The smallest absolute Gasteiger partial charge is 0.341 e. The first-order valence-corrected chi connectivity index (χ1v) is 9.69. The predicted octanol–water partition coefficient (Wildman–Crippen LogP) is 3.56. The first-order chi connectivity index (χ1) is 11.6. The van der Waals surface area contributed by atoms with E-state index < -0.39 is 6.10 Å². The van der Waals surface area contributed by atoms with E-state index in [9.17, 15) is 9.59 Å². The Balaban J connectivity index is 1.87. The van der Waals surface area contributed by atoms with Gasteiger partial charge in [0.05, 0.1) is 12.2 Å². The third kappa shape index (κ3) is 3.49. The number of thiophene rings is 1. The summed E-state index contributed by atoms with van der Waals surface area (Å²) in [5.41, 5.74) is 1.64. The summed E-state index contributed by atoms with van der Waals surface area (Å²) in [6, 6.07) is 0. The highest BCUT2D eigenvalue weighted by Crippen LogP contribution is 2.41. The van der Waals surface area contributed by atoms with Gasteiger partial charge in [-0.05, 0) is 50.5 Å². The Kier molecular flexibility index (Phi) is 5.56. The van der Waals surface area contributed by atoms with Crippen molar-refractivity contribution < 1.29 is 19.1 Å². The molecule has 24 heavy (non-hydrogen) atoms. The second-order valence-corrected chi connectivity index (χ2v) is 7.54. The lowest BCUT2D eigenvalue weighted by atomic mass is 9.85. The van der Waals surface area contributed by atoms with Crippen molar-refractivity contribution in [3.63, 3.8) is 0 Å². The van der Waals surface area contributed by atoms with Crippen molar-refractivity contribution in [3.05, 3.63) is 16.0 Å². The van der Waals surface area contributed by atoms with Gasteiger partial charge in [-0.2, -0.15) is 0 Å². The van der Waals surface area contributed by atoms with E-state index in [0.29, 0.717) is 29.7 Å². The Labute approximate surface area is 146 Å². The van der Waals surface area contributed by atoms with Gasteiger partial charge in [0, 0.05) is 11.5 Å². The number of anilines is 1. The fourth-order valence-corrected chi connectivity index (χ4v) is 4.84. The number of rotatable bonds is 5. The predicted molar refractivity (Wildman–Crippen MR) is 93.7 cm³/mol. The van der Waals surface area contributed by atoms with Crippen LogP contribution in [-0.4, -0.2) is 31.2 Å². The van der Waals surface area contributed by atoms with E-state index in [4.69, 9.17) is 9.47 Å². The third-order valence-corrected chi connectivity index (χ3v) is 6.05. The Hall–Kier alpha value is -1.40. The molecule has 1 saturated heterocycles. The lowest BCUT2D eigenvalue weighted by Gasteiger charge is -2.21. The molecule has 2 atom stereocenters. The van der Waals surface area contributed by atoms with Gasteiger partial charge in [-0.15, -0.1) is 11.3 Å². The van der Waals surface area contributed by atoms with Gasteiger partial charge in [0.25, 0.3) is 5.91 Å². The van der Waals surface area contributed by atoms with Crippen LogP contribution in [0.1, 0.15) is 60.3 Å². The first-order valence-electron chi connectivity index (χ1n) is 8.88. The molecule has 1 aromatic heterocycles. The molecule has 6 heteroatoms. The molecular formula is C18H25NO4S. The van der Waals surface area contributed by atoms with Crippen molar-refractivity contribution in [3.8, 4) is 0 Å². The minimum Gasteiger partial charge on any atom is -0.462 e. The maximum absolute atomic E-state index is 12.5. The quantitative estimate of drug-likeness (QED) is 0.824. The van der Waals surface area contributed by atoms with Crippen molar-refractivity contribution in [2.45, 2.75) is 58.5 Å². The molecule has 0 unspecified atom stereocenters. The number of hydrogen-bond donors (Lipinski definition) is 1. The summed E-state index contributed by atoms with van der Waals surface area (Å²) in [6.07, 6.45) is 5.34. The maximum Gasteiger partial charge on any atom is 0.341 e. The zero-order chi connectivity index (χ0) is 17.1.